The van der Waals surface area contributed by atoms with Crippen molar-refractivity contribution in [3.05, 3.63) is 62.6 Å². The summed E-state index contributed by atoms with van der Waals surface area (Å²) in [5.74, 6) is 0. The number of benzene rings is 2. The second kappa shape index (κ2) is 6.27. The maximum atomic E-state index is 11.4. The summed E-state index contributed by atoms with van der Waals surface area (Å²) in [6.45, 7) is 3.78. The zero-order valence-corrected chi connectivity index (χ0v) is 13.4. The minimum atomic E-state index is -2.26. The van der Waals surface area contributed by atoms with Crippen LogP contribution in [-0.2, 0) is 17.5 Å². The molecule has 20 heavy (non-hydrogen) atoms. The molecule has 0 heterocycles. The molecule has 0 saturated heterocycles. The fourth-order valence-electron chi connectivity index (χ4n) is 2.19. The van der Waals surface area contributed by atoms with E-state index in [9.17, 15) is 8.76 Å². The fourth-order valence-corrected chi connectivity index (χ4v) is 3.38. The molecule has 0 spiro atoms. The lowest BCUT2D eigenvalue weighted by molar-refractivity contribution is 0.536. The largest absolute Gasteiger partial charge is 0.768 e. The molecule has 0 aliphatic heterocycles. The average molecular weight is 328 g/mol. The number of hydrogen-bond donors (Lipinski definition) is 0. The maximum absolute atomic E-state index is 11.4. The van der Waals surface area contributed by atoms with Crippen molar-refractivity contribution in [1.29, 1.82) is 0 Å². The Labute approximate surface area is 131 Å². The number of rotatable bonds is 3. The monoisotopic (exact) mass is 327 g/mol. The minimum absolute atomic E-state index is 0.327. The summed E-state index contributed by atoms with van der Waals surface area (Å²) in [6, 6.07) is 8.88. The first-order valence-corrected chi connectivity index (χ1v) is 7.85. The number of halogens is 2. The molecule has 0 aliphatic rings. The summed E-state index contributed by atoms with van der Waals surface area (Å²) < 4.78 is 22.8. The average Bonchev–Trinajstić information content (AvgIpc) is 2.34. The van der Waals surface area contributed by atoms with E-state index < -0.39 is 11.1 Å². The van der Waals surface area contributed by atoms with E-state index in [0.29, 0.717) is 21.4 Å². The summed E-state index contributed by atoms with van der Waals surface area (Å²) in [5.41, 5.74) is 3.49. The van der Waals surface area contributed by atoms with Gasteiger partial charge in [0.1, 0.15) is 0 Å². The van der Waals surface area contributed by atoms with Crippen LogP contribution in [0, 0.1) is 13.8 Å². The third kappa shape index (κ3) is 3.41. The molecule has 0 saturated carbocycles. The lowest BCUT2D eigenvalue weighted by Crippen LogP contribution is -2.02. The van der Waals surface area contributed by atoms with Crippen molar-refractivity contribution >= 4 is 34.3 Å². The molecule has 2 rings (SSSR count). The van der Waals surface area contributed by atoms with Gasteiger partial charge in [-0.05, 0) is 65.4 Å². The van der Waals surface area contributed by atoms with Gasteiger partial charge in [-0.15, -0.1) is 0 Å². The molecule has 1 unspecified atom stereocenters. The molecule has 0 amide bonds. The highest BCUT2D eigenvalue weighted by atomic mass is 35.5. The molecule has 0 bridgehead atoms. The first kappa shape index (κ1) is 15.5. The van der Waals surface area contributed by atoms with Crippen molar-refractivity contribution in [3.8, 4) is 0 Å². The van der Waals surface area contributed by atoms with Crippen LogP contribution in [0.25, 0.3) is 0 Å². The minimum Gasteiger partial charge on any atom is -0.768 e. The van der Waals surface area contributed by atoms with Gasteiger partial charge < -0.3 is 4.55 Å². The van der Waals surface area contributed by atoms with Gasteiger partial charge in [0.25, 0.3) is 0 Å². The van der Waals surface area contributed by atoms with E-state index >= 15 is 0 Å². The van der Waals surface area contributed by atoms with Gasteiger partial charge in [0, 0.05) is 21.4 Å². The summed E-state index contributed by atoms with van der Waals surface area (Å²) in [7, 11) is 0. The lowest BCUT2D eigenvalue weighted by Gasteiger charge is -2.16. The van der Waals surface area contributed by atoms with Gasteiger partial charge in [-0.1, -0.05) is 35.3 Å². The zero-order chi connectivity index (χ0) is 14.9. The Bertz CT molecular complexity index is 684. The van der Waals surface area contributed by atoms with Crippen molar-refractivity contribution in [2.24, 2.45) is 0 Å². The smallest absolute Gasteiger partial charge is 0.0456 e. The Kier molecular flexibility index (Phi) is 4.86. The van der Waals surface area contributed by atoms with E-state index in [1.807, 2.05) is 26.0 Å². The lowest BCUT2D eigenvalue weighted by atomic mass is 9.98. The van der Waals surface area contributed by atoms with E-state index in [2.05, 4.69) is 0 Å². The molecule has 0 radical (unpaired) electrons. The van der Waals surface area contributed by atoms with Gasteiger partial charge in [0.15, 0.2) is 0 Å². The second-order valence-electron chi connectivity index (χ2n) is 4.71. The molecule has 106 valence electrons. The normalized spacial score (nSPS) is 12.4. The third-order valence-corrected chi connectivity index (χ3v) is 4.45. The van der Waals surface area contributed by atoms with Crippen molar-refractivity contribution in [2.45, 2.75) is 25.2 Å². The van der Waals surface area contributed by atoms with Crippen LogP contribution in [0.5, 0.6) is 0 Å². The molecule has 0 aromatic heterocycles. The molecule has 0 fully saturated rings. The van der Waals surface area contributed by atoms with Gasteiger partial charge in [-0.2, -0.15) is 0 Å². The van der Waals surface area contributed by atoms with Crippen LogP contribution < -0.4 is 0 Å². The van der Waals surface area contributed by atoms with E-state index in [-0.39, 0.29) is 0 Å². The van der Waals surface area contributed by atoms with Crippen LogP contribution in [0.1, 0.15) is 22.3 Å². The third-order valence-electron chi connectivity index (χ3n) is 3.14. The molecule has 2 nitrogen and oxygen atoms in total. The Balaban J connectivity index is 2.50. The molecule has 0 aliphatic carbocycles. The van der Waals surface area contributed by atoms with Crippen molar-refractivity contribution in [3.63, 3.8) is 0 Å². The van der Waals surface area contributed by atoms with Gasteiger partial charge in [0.05, 0.1) is 0 Å². The van der Waals surface area contributed by atoms with Crippen LogP contribution in [0.3, 0.4) is 0 Å². The van der Waals surface area contributed by atoms with E-state index in [0.717, 1.165) is 22.3 Å². The van der Waals surface area contributed by atoms with Crippen LogP contribution in [-0.4, -0.2) is 8.76 Å². The van der Waals surface area contributed by atoms with E-state index in [1.54, 1.807) is 18.2 Å². The Morgan fingerprint density at radius 2 is 1.85 bits per heavy atom. The molecule has 5 heteroatoms. The molecule has 2 aromatic rings. The molecular weight excluding hydrogens is 315 g/mol. The van der Waals surface area contributed by atoms with Crippen LogP contribution >= 0.6 is 23.2 Å². The zero-order valence-electron chi connectivity index (χ0n) is 11.1. The van der Waals surface area contributed by atoms with Gasteiger partial charge in [0.2, 0.25) is 0 Å². The highest BCUT2D eigenvalue weighted by Gasteiger charge is 2.11. The molecule has 1 atom stereocenters. The predicted octanol–water partition coefficient (Wildman–Crippen LogP) is 4.44. The summed E-state index contributed by atoms with van der Waals surface area (Å²) >= 11 is 9.76. The summed E-state index contributed by atoms with van der Waals surface area (Å²) in [5, 5.41) is 1.10. The van der Waals surface area contributed by atoms with Gasteiger partial charge in [-0.25, -0.2) is 0 Å². The predicted molar refractivity (Wildman–Crippen MR) is 82.4 cm³/mol. The Morgan fingerprint density at radius 1 is 1.15 bits per heavy atom. The Morgan fingerprint density at radius 3 is 2.45 bits per heavy atom. The maximum Gasteiger partial charge on any atom is 0.0456 e. The first-order valence-electron chi connectivity index (χ1n) is 6.02. The summed E-state index contributed by atoms with van der Waals surface area (Å²) in [4.78, 5) is 0.327. The molecular formula is C15H13Cl2O2S-. The standard InChI is InChI=1S/C15H14Cl2O2S/c1-9-5-10(2)13(15(6-9)20(18)19)7-11-3-4-12(16)8-14(11)17/h3-6,8H,7H2,1-2H3,(H,18,19)/p-1. The van der Waals surface area contributed by atoms with Crippen molar-refractivity contribution in [1.82, 2.24) is 0 Å². The SMILES string of the molecule is Cc1cc(C)c(Cc2ccc(Cl)cc2Cl)c(S(=O)[O-])c1. The van der Waals surface area contributed by atoms with Crippen LogP contribution in [0.15, 0.2) is 35.2 Å². The highest BCUT2D eigenvalue weighted by molar-refractivity contribution is 7.79. The van der Waals surface area contributed by atoms with Crippen LogP contribution in [0.4, 0.5) is 0 Å². The summed E-state index contributed by atoms with van der Waals surface area (Å²) in [6.07, 6.45) is 0.464. The molecule has 0 N–H and O–H groups in total. The van der Waals surface area contributed by atoms with E-state index in [1.165, 1.54) is 0 Å². The van der Waals surface area contributed by atoms with Gasteiger partial charge >= 0.3 is 0 Å². The Hall–Kier alpha value is -0.870. The number of hydrogen-bond acceptors (Lipinski definition) is 2. The second-order valence-corrected chi connectivity index (χ2v) is 6.46. The topological polar surface area (TPSA) is 40.1 Å². The first-order chi connectivity index (χ1) is 9.38. The van der Waals surface area contributed by atoms with Crippen molar-refractivity contribution < 1.29 is 8.76 Å². The number of aryl methyl sites for hydroxylation is 2. The quantitative estimate of drug-likeness (QED) is 0.782. The van der Waals surface area contributed by atoms with Crippen molar-refractivity contribution in [2.75, 3.05) is 0 Å². The molecule has 2 aromatic carbocycles. The fraction of sp³-hybridized carbons (Fsp3) is 0.200. The van der Waals surface area contributed by atoms with Gasteiger partial charge in [-0.3, -0.25) is 4.21 Å². The van der Waals surface area contributed by atoms with Crippen LogP contribution in [0.2, 0.25) is 10.0 Å². The van der Waals surface area contributed by atoms with E-state index in [4.69, 9.17) is 23.2 Å². The highest BCUT2D eigenvalue weighted by Crippen LogP contribution is 2.27.